The largest absolute Gasteiger partial charge is 0.380 e. The van der Waals surface area contributed by atoms with Gasteiger partial charge in [-0.1, -0.05) is 19.9 Å². The van der Waals surface area contributed by atoms with E-state index in [1.807, 2.05) is 6.07 Å². The second-order valence-corrected chi connectivity index (χ2v) is 5.73. The molecule has 1 aromatic carbocycles. The number of hydrogen-bond donors (Lipinski definition) is 1. The molecule has 0 bridgehead atoms. The fourth-order valence-electron chi connectivity index (χ4n) is 2.07. The summed E-state index contributed by atoms with van der Waals surface area (Å²) in [5.74, 6) is 0.426. The van der Waals surface area contributed by atoms with Gasteiger partial charge in [-0.05, 0) is 30.0 Å². The number of ether oxygens (including phenoxy) is 1. The van der Waals surface area contributed by atoms with Crippen LogP contribution in [0.4, 0.5) is 4.39 Å². The van der Waals surface area contributed by atoms with Crippen molar-refractivity contribution in [3.63, 3.8) is 0 Å². The summed E-state index contributed by atoms with van der Waals surface area (Å²) in [6.07, 6.45) is 6.03. The Bertz CT molecular complexity index is 555. The van der Waals surface area contributed by atoms with Crippen LogP contribution in [-0.4, -0.2) is 29.3 Å². The normalized spacial score (nSPS) is 11.3. The van der Waals surface area contributed by atoms with Gasteiger partial charge in [0.2, 0.25) is 0 Å². The third-order valence-electron chi connectivity index (χ3n) is 3.39. The molecule has 120 valence electrons. The summed E-state index contributed by atoms with van der Waals surface area (Å²) < 4.78 is 21.3. The Morgan fingerprint density at radius 1 is 1.32 bits per heavy atom. The molecular weight excluding hydrogens is 281 g/mol. The Hall–Kier alpha value is -1.72. The lowest BCUT2D eigenvalue weighted by atomic mass is 10.1. The maximum atomic E-state index is 14.1. The third kappa shape index (κ3) is 5.24. The molecule has 5 heteroatoms. The SMILES string of the molecule is CC(C)CCOCCNCc1ccc(-n2ccnc2)c(F)c1. The van der Waals surface area contributed by atoms with Crippen molar-refractivity contribution in [3.05, 3.63) is 48.3 Å². The van der Waals surface area contributed by atoms with E-state index >= 15 is 0 Å². The van der Waals surface area contributed by atoms with Crippen LogP contribution in [-0.2, 0) is 11.3 Å². The molecule has 2 rings (SSSR count). The predicted molar refractivity (Wildman–Crippen MR) is 85.5 cm³/mol. The highest BCUT2D eigenvalue weighted by Crippen LogP contribution is 2.14. The van der Waals surface area contributed by atoms with E-state index in [1.54, 1.807) is 35.4 Å². The first-order chi connectivity index (χ1) is 10.7. The molecule has 0 aliphatic rings. The fraction of sp³-hybridized carbons (Fsp3) is 0.471. The minimum absolute atomic E-state index is 0.245. The minimum atomic E-state index is -0.245. The molecule has 0 atom stereocenters. The molecule has 2 aromatic rings. The van der Waals surface area contributed by atoms with Crippen LogP contribution in [0.15, 0.2) is 36.9 Å². The lowest BCUT2D eigenvalue weighted by molar-refractivity contribution is 0.125. The second kappa shape index (κ2) is 8.66. The molecular formula is C17H24FN3O. The number of nitrogens with zero attached hydrogens (tertiary/aromatic N) is 2. The molecule has 0 radical (unpaired) electrons. The van der Waals surface area contributed by atoms with Gasteiger partial charge in [0.15, 0.2) is 0 Å². The standard InChI is InChI=1S/C17H24FN3O/c1-14(2)5-9-22-10-7-19-12-15-3-4-17(16(18)11-15)21-8-6-20-13-21/h3-4,6,8,11,13-14,19H,5,7,9-10,12H2,1-2H3. The highest BCUT2D eigenvalue weighted by atomic mass is 19.1. The van der Waals surface area contributed by atoms with E-state index in [0.29, 0.717) is 24.8 Å². The number of nitrogens with one attached hydrogen (secondary N) is 1. The van der Waals surface area contributed by atoms with E-state index in [1.165, 1.54) is 0 Å². The van der Waals surface area contributed by atoms with Crippen LogP contribution in [0, 0.1) is 11.7 Å². The van der Waals surface area contributed by atoms with Crippen molar-refractivity contribution in [1.29, 1.82) is 0 Å². The van der Waals surface area contributed by atoms with E-state index in [0.717, 1.165) is 25.1 Å². The molecule has 0 spiro atoms. The topological polar surface area (TPSA) is 39.1 Å². The van der Waals surface area contributed by atoms with Gasteiger partial charge in [0.1, 0.15) is 5.82 Å². The molecule has 0 amide bonds. The van der Waals surface area contributed by atoms with Crippen molar-refractivity contribution in [2.75, 3.05) is 19.8 Å². The van der Waals surface area contributed by atoms with Gasteiger partial charge in [-0.2, -0.15) is 0 Å². The Morgan fingerprint density at radius 3 is 2.86 bits per heavy atom. The molecule has 1 aromatic heterocycles. The Morgan fingerprint density at radius 2 is 2.18 bits per heavy atom. The van der Waals surface area contributed by atoms with Crippen LogP contribution in [0.25, 0.3) is 5.69 Å². The molecule has 4 nitrogen and oxygen atoms in total. The van der Waals surface area contributed by atoms with E-state index in [2.05, 4.69) is 24.1 Å². The Balaban J connectivity index is 1.72. The molecule has 0 fully saturated rings. The van der Waals surface area contributed by atoms with Crippen molar-refractivity contribution < 1.29 is 9.13 Å². The maximum absolute atomic E-state index is 14.1. The summed E-state index contributed by atoms with van der Waals surface area (Å²) in [6.45, 7) is 7.25. The second-order valence-electron chi connectivity index (χ2n) is 5.73. The van der Waals surface area contributed by atoms with Crippen LogP contribution in [0.3, 0.4) is 0 Å². The third-order valence-corrected chi connectivity index (χ3v) is 3.39. The molecule has 1 heterocycles. The zero-order valence-electron chi connectivity index (χ0n) is 13.3. The van der Waals surface area contributed by atoms with Crippen LogP contribution < -0.4 is 5.32 Å². The van der Waals surface area contributed by atoms with Gasteiger partial charge in [-0.25, -0.2) is 9.37 Å². The maximum Gasteiger partial charge on any atom is 0.147 e. The first kappa shape index (κ1) is 16.6. The Labute approximate surface area is 131 Å². The minimum Gasteiger partial charge on any atom is -0.380 e. The molecule has 0 unspecified atom stereocenters. The van der Waals surface area contributed by atoms with Crippen LogP contribution in [0.2, 0.25) is 0 Å². The number of aromatic nitrogens is 2. The number of hydrogen-bond acceptors (Lipinski definition) is 3. The average molecular weight is 305 g/mol. The van der Waals surface area contributed by atoms with E-state index < -0.39 is 0 Å². The quantitative estimate of drug-likeness (QED) is 0.723. The monoisotopic (exact) mass is 305 g/mol. The highest BCUT2D eigenvalue weighted by Gasteiger charge is 2.05. The summed E-state index contributed by atoms with van der Waals surface area (Å²) >= 11 is 0. The van der Waals surface area contributed by atoms with Gasteiger partial charge < -0.3 is 14.6 Å². The first-order valence-electron chi connectivity index (χ1n) is 7.72. The van der Waals surface area contributed by atoms with Gasteiger partial charge in [0.25, 0.3) is 0 Å². The molecule has 0 saturated heterocycles. The number of imidazole rings is 1. The molecule has 0 aliphatic carbocycles. The lowest BCUT2D eigenvalue weighted by Crippen LogP contribution is -2.19. The summed E-state index contributed by atoms with van der Waals surface area (Å²) in [6, 6.07) is 5.25. The van der Waals surface area contributed by atoms with Crippen LogP contribution in [0.5, 0.6) is 0 Å². The first-order valence-corrected chi connectivity index (χ1v) is 7.72. The average Bonchev–Trinajstić information content (AvgIpc) is 3.00. The predicted octanol–water partition coefficient (Wildman–Crippen LogP) is 3.16. The van der Waals surface area contributed by atoms with Gasteiger partial charge in [0, 0.05) is 32.1 Å². The van der Waals surface area contributed by atoms with E-state index in [-0.39, 0.29) is 5.82 Å². The van der Waals surface area contributed by atoms with Crippen LogP contribution in [0.1, 0.15) is 25.8 Å². The van der Waals surface area contributed by atoms with Gasteiger partial charge in [-0.3, -0.25) is 0 Å². The number of rotatable bonds is 9. The van der Waals surface area contributed by atoms with Crippen molar-refractivity contribution in [3.8, 4) is 5.69 Å². The summed E-state index contributed by atoms with van der Waals surface area (Å²) in [7, 11) is 0. The summed E-state index contributed by atoms with van der Waals surface area (Å²) in [5.41, 5.74) is 1.43. The molecule has 1 N–H and O–H groups in total. The fourth-order valence-corrected chi connectivity index (χ4v) is 2.07. The van der Waals surface area contributed by atoms with Crippen molar-refractivity contribution >= 4 is 0 Å². The highest BCUT2D eigenvalue weighted by molar-refractivity contribution is 5.36. The van der Waals surface area contributed by atoms with E-state index in [9.17, 15) is 4.39 Å². The number of benzene rings is 1. The Kier molecular flexibility index (Phi) is 6.55. The molecule has 0 aliphatic heterocycles. The van der Waals surface area contributed by atoms with Crippen molar-refractivity contribution in [2.24, 2.45) is 5.92 Å². The van der Waals surface area contributed by atoms with Crippen LogP contribution >= 0.6 is 0 Å². The molecule has 22 heavy (non-hydrogen) atoms. The van der Waals surface area contributed by atoms with Gasteiger partial charge >= 0.3 is 0 Å². The summed E-state index contributed by atoms with van der Waals surface area (Å²) in [5, 5.41) is 3.26. The lowest BCUT2D eigenvalue weighted by Gasteiger charge is -2.09. The number of halogens is 1. The van der Waals surface area contributed by atoms with Crippen molar-refractivity contribution in [2.45, 2.75) is 26.8 Å². The van der Waals surface area contributed by atoms with Crippen molar-refractivity contribution in [1.82, 2.24) is 14.9 Å². The van der Waals surface area contributed by atoms with Gasteiger partial charge in [-0.15, -0.1) is 0 Å². The zero-order chi connectivity index (χ0) is 15.8. The molecule has 0 saturated carbocycles. The zero-order valence-corrected chi connectivity index (χ0v) is 13.3. The van der Waals surface area contributed by atoms with E-state index in [4.69, 9.17) is 4.74 Å². The van der Waals surface area contributed by atoms with Gasteiger partial charge in [0.05, 0.1) is 18.6 Å². The summed E-state index contributed by atoms with van der Waals surface area (Å²) in [4.78, 5) is 3.93. The smallest absolute Gasteiger partial charge is 0.147 e.